The molecule has 0 spiro atoms. The number of benzene rings is 1. The van der Waals surface area contributed by atoms with Crippen molar-refractivity contribution in [2.75, 3.05) is 23.3 Å². The Labute approximate surface area is 193 Å². The minimum Gasteiger partial charge on any atom is -0.381 e. The van der Waals surface area contributed by atoms with Crippen molar-refractivity contribution < 1.29 is 9.59 Å². The summed E-state index contributed by atoms with van der Waals surface area (Å²) in [7, 11) is 0. The number of aromatic nitrogens is 2. The summed E-state index contributed by atoms with van der Waals surface area (Å²) in [4.78, 5) is 35.0. The molecule has 33 heavy (non-hydrogen) atoms. The van der Waals surface area contributed by atoms with Crippen LogP contribution in [0.3, 0.4) is 0 Å². The van der Waals surface area contributed by atoms with Crippen LogP contribution in [-0.2, 0) is 17.9 Å². The first kappa shape index (κ1) is 22.3. The number of nitrogens with one attached hydrogen (secondary N) is 2. The Morgan fingerprint density at radius 1 is 0.970 bits per heavy atom. The number of amides is 2. The number of anilines is 2. The van der Waals surface area contributed by atoms with Gasteiger partial charge in [-0.2, -0.15) is 0 Å². The Bertz CT molecular complexity index is 1100. The van der Waals surface area contributed by atoms with Gasteiger partial charge < -0.3 is 21.3 Å². The van der Waals surface area contributed by atoms with E-state index in [0.29, 0.717) is 18.8 Å². The van der Waals surface area contributed by atoms with Gasteiger partial charge >= 0.3 is 0 Å². The number of piperidine rings is 1. The first-order chi connectivity index (χ1) is 16.1. The normalized spacial score (nSPS) is 14.0. The van der Waals surface area contributed by atoms with Gasteiger partial charge in [0.1, 0.15) is 11.5 Å². The summed E-state index contributed by atoms with van der Waals surface area (Å²) in [6.07, 6.45) is 4.88. The van der Waals surface area contributed by atoms with Crippen LogP contribution >= 0.6 is 0 Å². The molecule has 8 nitrogen and oxygen atoms in total. The summed E-state index contributed by atoms with van der Waals surface area (Å²) >= 11 is 0. The number of hydrogen-bond acceptors (Lipinski definition) is 6. The van der Waals surface area contributed by atoms with Crippen LogP contribution in [0.5, 0.6) is 0 Å². The van der Waals surface area contributed by atoms with Gasteiger partial charge in [0.2, 0.25) is 5.91 Å². The molecule has 1 aliphatic rings. The van der Waals surface area contributed by atoms with Gasteiger partial charge in [-0.15, -0.1) is 0 Å². The minimum absolute atomic E-state index is 0.0604. The zero-order valence-corrected chi connectivity index (χ0v) is 18.4. The molecule has 2 amide bonds. The zero-order valence-electron chi connectivity index (χ0n) is 18.4. The lowest BCUT2D eigenvalue weighted by molar-refractivity contribution is -0.122. The second kappa shape index (κ2) is 10.6. The average Bonchev–Trinajstić information content (AvgIpc) is 2.87. The lowest BCUT2D eigenvalue weighted by Gasteiger charge is -2.32. The Morgan fingerprint density at radius 3 is 2.52 bits per heavy atom. The van der Waals surface area contributed by atoms with E-state index in [-0.39, 0.29) is 17.7 Å². The molecular formula is C25H28N6O2. The fraction of sp³-hybridized carbons (Fsp3) is 0.280. The highest BCUT2D eigenvalue weighted by atomic mass is 16.2. The second-order valence-electron chi connectivity index (χ2n) is 8.10. The molecule has 8 heteroatoms. The van der Waals surface area contributed by atoms with E-state index in [1.807, 2.05) is 48.5 Å². The Kier molecular flexibility index (Phi) is 7.14. The second-order valence-corrected chi connectivity index (χ2v) is 8.10. The highest BCUT2D eigenvalue weighted by Gasteiger charge is 2.24. The molecule has 1 aliphatic heterocycles. The molecule has 3 aromatic rings. The number of hydrogen-bond donors (Lipinski definition) is 3. The maximum absolute atomic E-state index is 12.5. The summed E-state index contributed by atoms with van der Waals surface area (Å²) in [5.41, 5.74) is 8.69. The molecular weight excluding hydrogens is 416 g/mol. The number of carbonyl (C=O) groups excluding carboxylic acids is 2. The SMILES string of the molecule is NC(=O)C1CCN(c2ncccc2CNc2ccnc(C(=O)NCc3ccccc3)c2)CC1. The van der Waals surface area contributed by atoms with E-state index in [1.54, 1.807) is 18.5 Å². The molecule has 170 valence electrons. The maximum Gasteiger partial charge on any atom is 0.270 e. The van der Waals surface area contributed by atoms with Gasteiger partial charge in [-0.05, 0) is 36.6 Å². The largest absolute Gasteiger partial charge is 0.381 e. The summed E-state index contributed by atoms with van der Waals surface area (Å²) in [5, 5.41) is 6.28. The van der Waals surface area contributed by atoms with E-state index in [1.165, 1.54) is 0 Å². The number of nitrogens with two attached hydrogens (primary N) is 1. The Balaban J connectivity index is 1.37. The van der Waals surface area contributed by atoms with Crippen molar-refractivity contribution in [3.05, 3.63) is 83.8 Å². The third-order valence-electron chi connectivity index (χ3n) is 5.84. The highest BCUT2D eigenvalue weighted by molar-refractivity contribution is 5.93. The summed E-state index contributed by atoms with van der Waals surface area (Å²) in [5.74, 6) is 0.401. The van der Waals surface area contributed by atoms with Crippen LogP contribution in [0.4, 0.5) is 11.5 Å². The standard InChI is InChI=1S/C25H28N6O2/c26-23(32)19-9-13-31(14-10-19)24-20(7-4-11-28-24)17-29-21-8-12-27-22(15-21)25(33)30-16-18-5-2-1-3-6-18/h1-8,11-12,15,19H,9-10,13-14,16-17H2,(H2,26,32)(H,27,29)(H,30,33). The molecule has 4 rings (SSSR count). The first-order valence-electron chi connectivity index (χ1n) is 11.1. The molecule has 0 atom stereocenters. The van der Waals surface area contributed by atoms with Gasteiger partial charge in [0.25, 0.3) is 5.91 Å². The molecule has 0 saturated carbocycles. The quantitative estimate of drug-likeness (QED) is 0.492. The Hall–Kier alpha value is -3.94. The van der Waals surface area contributed by atoms with E-state index in [9.17, 15) is 9.59 Å². The van der Waals surface area contributed by atoms with Crippen LogP contribution in [-0.4, -0.2) is 34.9 Å². The van der Waals surface area contributed by atoms with Gasteiger partial charge in [-0.3, -0.25) is 14.6 Å². The predicted octanol–water partition coefficient (Wildman–Crippen LogP) is 2.72. The van der Waals surface area contributed by atoms with Crippen molar-refractivity contribution in [2.45, 2.75) is 25.9 Å². The number of nitrogens with zero attached hydrogens (tertiary/aromatic N) is 3. The third kappa shape index (κ3) is 5.85. The molecule has 1 saturated heterocycles. The number of rotatable bonds is 8. The van der Waals surface area contributed by atoms with Crippen molar-refractivity contribution in [1.82, 2.24) is 15.3 Å². The molecule has 0 aliphatic carbocycles. The van der Waals surface area contributed by atoms with E-state index in [2.05, 4.69) is 25.5 Å². The maximum atomic E-state index is 12.5. The number of carbonyl (C=O) groups is 2. The third-order valence-corrected chi connectivity index (χ3v) is 5.84. The molecule has 4 N–H and O–H groups in total. The predicted molar refractivity (Wildman–Crippen MR) is 128 cm³/mol. The van der Waals surface area contributed by atoms with Crippen LogP contribution in [0.1, 0.15) is 34.5 Å². The molecule has 1 fully saturated rings. The smallest absolute Gasteiger partial charge is 0.270 e. The zero-order chi connectivity index (χ0) is 23.0. The van der Waals surface area contributed by atoms with Crippen LogP contribution in [0.25, 0.3) is 0 Å². The molecule has 1 aromatic carbocycles. The van der Waals surface area contributed by atoms with Gasteiger partial charge in [-0.25, -0.2) is 4.98 Å². The fourth-order valence-electron chi connectivity index (χ4n) is 3.96. The van der Waals surface area contributed by atoms with Crippen LogP contribution in [0, 0.1) is 5.92 Å². The van der Waals surface area contributed by atoms with E-state index >= 15 is 0 Å². The van der Waals surface area contributed by atoms with Crippen molar-refractivity contribution in [3.63, 3.8) is 0 Å². The van der Waals surface area contributed by atoms with Gasteiger partial charge in [-0.1, -0.05) is 36.4 Å². The van der Waals surface area contributed by atoms with Crippen LogP contribution in [0.2, 0.25) is 0 Å². The van der Waals surface area contributed by atoms with Gasteiger partial charge in [0.15, 0.2) is 0 Å². The van der Waals surface area contributed by atoms with Crippen molar-refractivity contribution >= 4 is 23.3 Å². The fourth-order valence-corrected chi connectivity index (χ4v) is 3.96. The Morgan fingerprint density at radius 2 is 1.76 bits per heavy atom. The van der Waals surface area contributed by atoms with Crippen molar-refractivity contribution in [2.24, 2.45) is 11.7 Å². The van der Waals surface area contributed by atoms with E-state index in [0.717, 1.165) is 48.6 Å². The van der Waals surface area contributed by atoms with Gasteiger partial charge in [0.05, 0.1) is 0 Å². The van der Waals surface area contributed by atoms with E-state index < -0.39 is 0 Å². The summed E-state index contributed by atoms with van der Waals surface area (Å²) in [6.45, 7) is 2.50. The van der Waals surface area contributed by atoms with E-state index in [4.69, 9.17) is 5.73 Å². The number of pyridine rings is 2. The van der Waals surface area contributed by atoms with Gasteiger partial charge in [0, 0.05) is 55.7 Å². The molecule has 3 heterocycles. The van der Waals surface area contributed by atoms with Crippen LogP contribution < -0.4 is 21.3 Å². The highest BCUT2D eigenvalue weighted by Crippen LogP contribution is 2.25. The minimum atomic E-state index is -0.223. The topological polar surface area (TPSA) is 113 Å². The summed E-state index contributed by atoms with van der Waals surface area (Å²) < 4.78 is 0. The van der Waals surface area contributed by atoms with Crippen molar-refractivity contribution in [1.29, 1.82) is 0 Å². The van der Waals surface area contributed by atoms with Crippen LogP contribution in [0.15, 0.2) is 67.0 Å². The lowest BCUT2D eigenvalue weighted by atomic mass is 9.96. The first-order valence-corrected chi connectivity index (χ1v) is 11.1. The average molecular weight is 445 g/mol. The lowest BCUT2D eigenvalue weighted by Crippen LogP contribution is -2.39. The summed E-state index contributed by atoms with van der Waals surface area (Å²) in [6, 6.07) is 17.3. The molecule has 0 bridgehead atoms. The van der Waals surface area contributed by atoms with Crippen molar-refractivity contribution in [3.8, 4) is 0 Å². The molecule has 0 unspecified atom stereocenters. The monoisotopic (exact) mass is 444 g/mol. The molecule has 0 radical (unpaired) electrons. The molecule has 2 aromatic heterocycles. The number of primary amides is 1.